The molecule has 5 unspecified atom stereocenters. The summed E-state index contributed by atoms with van der Waals surface area (Å²) in [6.45, 7) is 3.77. The topological polar surface area (TPSA) is 52.6 Å². The molecule has 1 aliphatic heterocycles. The van der Waals surface area contributed by atoms with Crippen LogP contribution < -0.4 is 0 Å². The fourth-order valence-electron chi connectivity index (χ4n) is 4.21. The molecule has 3 rings (SSSR count). The molecule has 3 fully saturated rings. The molecule has 0 aromatic heterocycles. The number of carbonyl (C=O) groups excluding carboxylic acids is 2. The van der Waals surface area contributed by atoms with Gasteiger partial charge in [-0.25, -0.2) is 0 Å². The summed E-state index contributed by atoms with van der Waals surface area (Å²) < 4.78 is 9.94. The first-order valence-corrected chi connectivity index (χ1v) is 8.81. The Balaban J connectivity index is 1.75. The molecular formula is C15H19B2IO4. The molecule has 3 aliphatic rings. The second kappa shape index (κ2) is 5.15. The Labute approximate surface area is 147 Å². The third-order valence-electron chi connectivity index (χ3n) is 5.81. The van der Waals surface area contributed by atoms with E-state index in [0.717, 1.165) is 25.7 Å². The molecule has 22 heavy (non-hydrogen) atoms. The van der Waals surface area contributed by atoms with Crippen LogP contribution in [-0.4, -0.2) is 43.8 Å². The second-order valence-corrected chi connectivity index (χ2v) is 9.58. The first kappa shape index (κ1) is 16.7. The molecule has 2 saturated carbocycles. The zero-order chi connectivity index (χ0) is 16.3. The average Bonchev–Trinajstić information content (AvgIpc) is 3.04. The molecule has 116 valence electrons. The molecule has 2 bridgehead atoms. The van der Waals surface area contributed by atoms with Crippen LogP contribution in [0.4, 0.5) is 0 Å². The van der Waals surface area contributed by atoms with E-state index in [9.17, 15) is 9.59 Å². The molecular weight excluding hydrogens is 393 g/mol. The van der Waals surface area contributed by atoms with Gasteiger partial charge in [0.15, 0.2) is 0 Å². The van der Waals surface area contributed by atoms with Gasteiger partial charge in [0.1, 0.15) is 9.53 Å². The zero-order valence-corrected chi connectivity index (χ0v) is 15.1. The number of esters is 2. The lowest BCUT2D eigenvalue weighted by Gasteiger charge is -2.39. The smallest absolute Gasteiger partial charge is 0.321 e. The summed E-state index contributed by atoms with van der Waals surface area (Å²) in [4.78, 5) is 24.7. The maximum absolute atomic E-state index is 12.5. The number of fused-ring (bicyclic) bond motifs is 3. The highest BCUT2D eigenvalue weighted by molar-refractivity contribution is 14.1. The standard InChI is InChI=1S/C15H19B2IO4/c1-13(18,14(2,16)17)11(19)22-10-6-8-5-9(10)15(7-8)3-4-21-12(15)20/h8-10H,3-7H2,1-2H3. The molecule has 4 radical (unpaired) electrons. The number of alkyl halides is 1. The van der Waals surface area contributed by atoms with Gasteiger partial charge in [0.2, 0.25) is 0 Å². The Kier molecular flexibility index (Phi) is 3.90. The van der Waals surface area contributed by atoms with Gasteiger partial charge >= 0.3 is 11.9 Å². The molecule has 1 spiro atoms. The first-order chi connectivity index (χ1) is 10.1. The van der Waals surface area contributed by atoms with Crippen molar-refractivity contribution in [2.45, 2.75) is 54.3 Å². The first-order valence-electron chi connectivity index (χ1n) is 7.73. The predicted molar refractivity (Wildman–Crippen MR) is 91.0 cm³/mol. The molecule has 1 saturated heterocycles. The van der Waals surface area contributed by atoms with E-state index in [2.05, 4.69) is 0 Å². The molecule has 4 nitrogen and oxygen atoms in total. The third kappa shape index (κ3) is 2.33. The van der Waals surface area contributed by atoms with E-state index in [0.29, 0.717) is 12.5 Å². The SMILES string of the molecule is [B]C([B])(C)C(C)(I)C(=O)OC1CC2CC1C1(CCOC1=O)C2. The van der Waals surface area contributed by atoms with Crippen LogP contribution in [0.25, 0.3) is 0 Å². The lowest BCUT2D eigenvalue weighted by molar-refractivity contribution is -0.163. The highest BCUT2D eigenvalue weighted by atomic mass is 127. The minimum atomic E-state index is -1.17. The molecule has 0 amide bonds. The largest absolute Gasteiger partial charge is 0.465 e. The Bertz CT molecular complexity index is 516. The summed E-state index contributed by atoms with van der Waals surface area (Å²) in [5, 5.41) is -1.17. The highest BCUT2D eigenvalue weighted by Crippen LogP contribution is 2.61. The summed E-state index contributed by atoms with van der Waals surface area (Å²) in [5.74, 6) is 0.00152. The molecule has 7 heteroatoms. The minimum absolute atomic E-state index is 0.0745. The van der Waals surface area contributed by atoms with Crippen molar-refractivity contribution in [1.82, 2.24) is 0 Å². The molecule has 1 heterocycles. The third-order valence-corrected chi connectivity index (χ3v) is 7.41. The summed E-state index contributed by atoms with van der Waals surface area (Å²) >= 11 is 1.95. The molecule has 0 aromatic rings. The van der Waals surface area contributed by atoms with E-state index in [-0.39, 0.29) is 18.0 Å². The van der Waals surface area contributed by atoms with Crippen LogP contribution in [0.5, 0.6) is 0 Å². The van der Waals surface area contributed by atoms with Gasteiger partial charge in [0.05, 0.1) is 27.7 Å². The van der Waals surface area contributed by atoms with Crippen molar-refractivity contribution in [1.29, 1.82) is 0 Å². The Hall–Kier alpha value is -0.200. The van der Waals surface area contributed by atoms with Crippen LogP contribution in [0.15, 0.2) is 0 Å². The monoisotopic (exact) mass is 412 g/mol. The predicted octanol–water partition coefficient (Wildman–Crippen LogP) is 1.93. The van der Waals surface area contributed by atoms with Crippen LogP contribution in [-0.2, 0) is 19.1 Å². The van der Waals surface area contributed by atoms with E-state index >= 15 is 0 Å². The van der Waals surface area contributed by atoms with Gasteiger partial charge in [-0.2, -0.15) is 0 Å². The number of hydrogen-bond acceptors (Lipinski definition) is 4. The van der Waals surface area contributed by atoms with Gasteiger partial charge in [-0.15, -0.1) is 0 Å². The summed E-state index contributed by atoms with van der Waals surface area (Å²) in [6.07, 6.45) is 3.15. The van der Waals surface area contributed by atoms with Gasteiger partial charge in [0.25, 0.3) is 0 Å². The van der Waals surface area contributed by atoms with E-state index in [4.69, 9.17) is 25.2 Å². The van der Waals surface area contributed by atoms with Crippen molar-refractivity contribution in [2.75, 3.05) is 6.61 Å². The van der Waals surface area contributed by atoms with Crippen molar-refractivity contribution in [3.05, 3.63) is 0 Å². The Morgan fingerprint density at radius 1 is 1.41 bits per heavy atom. The van der Waals surface area contributed by atoms with E-state index in [1.165, 1.54) is 0 Å². The van der Waals surface area contributed by atoms with Gasteiger partial charge in [-0.3, -0.25) is 9.59 Å². The van der Waals surface area contributed by atoms with Gasteiger partial charge in [-0.1, -0.05) is 34.7 Å². The van der Waals surface area contributed by atoms with E-state index < -0.39 is 20.0 Å². The van der Waals surface area contributed by atoms with E-state index in [1.54, 1.807) is 13.8 Å². The zero-order valence-electron chi connectivity index (χ0n) is 12.9. The van der Waals surface area contributed by atoms with Crippen LogP contribution in [0.1, 0.15) is 39.5 Å². The molecule has 0 N–H and O–H groups in total. The summed E-state index contributed by atoms with van der Waals surface area (Å²) in [6, 6.07) is 0. The number of cyclic esters (lactones) is 1. The van der Waals surface area contributed by atoms with Crippen molar-refractivity contribution in [2.24, 2.45) is 17.3 Å². The van der Waals surface area contributed by atoms with E-state index in [1.807, 2.05) is 22.6 Å². The molecule has 2 aliphatic carbocycles. The van der Waals surface area contributed by atoms with Crippen molar-refractivity contribution in [3.63, 3.8) is 0 Å². The fraction of sp³-hybridized carbons (Fsp3) is 0.867. The number of carbonyl (C=O) groups is 2. The highest BCUT2D eigenvalue weighted by Gasteiger charge is 2.63. The minimum Gasteiger partial charge on any atom is -0.465 e. The fourth-order valence-corrected chi connectivity index (χ4v) is 4.33. The summed E-state index contributed by atoms with van der Waals surface area (Å²) in [5.41, 5.74) is -0.426. The summed E-state index contributed by atoms with van der Waals surface area (Å²) in [7, 11) is 11.8. The quantitative estimate of drug-likeness (QED) is 0.308. The van der Waals surface area contributed by atoms with Crippen LogP contribution >= 0.6 is 22.6 Å². The van der Waals surface area contributed by atoms with Crippen LogP contribution in [0.2, 0.25) is 5.21 Å². The Morgan fingerprint density at radius 3 is 2.59 bits per heavy atom. The normalized spacial score (nSPS) is 39.8. The van der Waals surface area contributed by atoms with Crippen molar-refractivity contribution >= 4 is 50.2 Å². The number of rotatable bonds is 3. The number of hydrogen-bond donors (Lipinski definition) is 0. The maximum atomic E-state index is 12.5. The second-order valence-electron chi connectivity index (χ2n) is 7.42. The lowest BCUT2D eigenvalue weighted by Crippen LogP contribution is -2.47. The molecule has 0 aromatic carbocycles. The van der Waals surface area contributed by atoms with Crippen LogP contribution in [0, 0.1) is 17.3 Å². The van der Waals surface area contributed by atoms with Gasteiger partial charge < -0.3 is 9.47 Å². The maximum Gasteiger partial charge on any atom is 0.321 e. The van der Waals surface area contributed by atoms with Gasteiger partial charge in [-0.05, 0) is 38.5 Å². The lowest BCUT2D eigenvalue weighted by atomic mass is 9.50. The Morgan fingerprint density at radius 2 is 2.09 bits per heavy atom. The number of halogens is 1. The van der Waals surface area contributed by atoms with Crippen LogP contribution in [0.3, 0.4) is 0 Å². The average molecular weight is 412 g/mol. The van der Waals surface area contributed by atoms with Crippen molar-refractivity contribution < 1.29 is 19.1 Å². The number of ether oxygens (including phenoxy) is 2. The molecule has 5 atom stereocenters. The van der Waals surface area contributed by atoms with Crippen molar-refractivity contribution in [3.8, 4) is 0 Å². The van der Waals surface area contributed by atoms with Gasteiger partial charge in [0, 0.05) is 5.92 Å².